The molecule has 1 aromatic rings. The number of hydrogen-bond donors (Lipinski definition) is 0. The molecule has 0 bridgehead atoms. The number of methoxy groups -OCH3 is 1. The molecule has 0 aliphatic carbocycles. The summed E-state index contributed by atoms with van der Waals surface area (Å²) < 4.78 is 3.67. The van der Waals surface area contributed by atoms with Gasteiger partial charge < -0.3 is 4.74 Å². The van der Waals surface area contributed by atoms with Crippen molar-refractivity contribution in [1.29, 1.82) is 5.26 Å². The van der Waals surface area contributed by atoms with Gasteiger partial charge in [-0.25, -0.2) is 0 Å². The van der Waals surface area contributed by atoms with Crippen LogP contribution >= 0.6 is 23.2 Å². The molecule has 0 heterocycles. The lowest BCUT2D eigenvalue weighted by atomic mass is 10.1. The lowest BCUT2D eigenvalue weighted by molar-refractivity contribution is 0.414. The van der Waals surface area contributed by atoms with Crippen molar-refractivity contribution in [2.75, 3.05) is 7.11 Å². The van der Waals surface area contributed by atoms with Gasteiger partial charge in [0.25, 0.3) is 0 Å². The van der Waals surface area contributed by atoms with Crippen molar-refractivity contribution < 1.29 is 4.74 Å². The number of nitriles is 1. The van der Waals surface area contributed by atoms with Crippen LogP contribution in [0.4, 0.5) is 0 Å². The first-order chi connectivity index (χ1) is 6.57. The Morgan fingerprint density at radius 2 is 2.21 bits per heavy atom. The van der Waals surface area contributed by atoms with Crippen molar-refractivity contribution in [3.8, 4) is 11.8 Å². The molecule has 0 aliphatic heterocycles. The van der Waals surface area contributed by atoms with Crippen molar-refractivity contribution in [2.24, 2.45) is 0 Å². The second-order valence-electron chi connectivity index (χ2n) is 2.84. The fourth-order valence-electron chi connectivity index (χ4n) is 1.08. The Kier molecular flexibility index (Phi) is 3.62. The summed E-state index contributed by atoms with van der Waals surface area (Å²) in [5.74, 6) is 0.726. The summed E-state index contributed by atoms with van der Waals surface area (Å²) in [5.41, 5.74) is 0.871. The Morgan fingerprint density at radius 1 is 1.50 bits per heavy atom. The topological polar surface area (TPSA) is 33.0 Å². The summed E-state index contributed by atoms with van der Waals surface area (Å²) in [6, 6.07) is 9.11. The van der Waals surface area contributed by atoms with Gasteiger partial charge in [-0.3, -0.25) is 0 Å². The molecule has 2 nitrogen and oxygen atoms in total. The predicted molar refractivity (Wildman–Crippen MR) is 56.7 cm³/mol. The molecule has 0 saturated heterocycles. The molecular formula is C10H9Cl2NO. The molecule has 0 spiro atoms. The van der Waals surface area contributed by atoms with Crippen LogP contribution in [-0.4, -0.2) is 11.4 Å². The summed E-state index contributed by atoms with van der Waals surface area (Å²) in [6.07, 6.45) is 0.282. The van der Waals surface area contributed by atoms with Gasteiger partial charge in [0.15, 0.2) is 0 Å². The molecule has 0 fully saturated rings. The van der Waals surface area contributed by atoms with Gasteiger partial charge in [0, 0.05) is 6.42 Å². The van der Waals surface area contributed by atoms with E-state index in [0.29, 0.717) is 0 Å². The number of rotatable bonds is 3. The molecular weight excluding hydrogens is 221 g/mol. The molecule has 14 heavy (non-hydrogen) atoms. The van der Waals surface area contributed by atoms with Crippen LogP contribution in [0.5, 0.6) is 5.75 Å². The van der Waals surface area contributed by atoms with Crippen LogP contribution in [0.25, 0.3) is 0 Å². The van der Waals surface area contributed by atoms with Gasteiger partial charge in [0.05, 0.1) is 7.11 Å². The summed E-state index contributed by atoms with van der Waals surface area (Å²) >= 11 is 11.4. The lowest BCUT2D eigenvalue weighted by Crippen LogP contribution is -2.12. The number of alkyl halides is 2. The fraction of sp³-hybridized carbons (Fsp3) is 0.300. The highest BCUT2D eigenvalue weighted by Gasteiger charge is 2.23. The third-order valence-corrected chi connectivity index (χ3v) is 2.16. The first-order valence-electron chi connectivity index (χ1n) is 3.99. The number of benzene rings is 1. The summed E-state index contributed by atoms with van der Waals surface area (Å²) in [7, 11) is 1.58. The molecule has 0 unspecified atom stereocenters. The van der Waals surface area contributed by atoms with Gasteiger partial charge >= 0.3 is 0 Å². The number of hydrogen-bond acceptors (Lipinski definition) is 2. The van der Waals surface area contributed by atoms with Crippen molar-refractivity contribution in [1.82, 2.24) is 0 Å². The van der Waals surface area contributed by atoms with E-state index in [4.69, 9.17) is 33.2 Å². The van der Waals surface area contributed by atoms with Crippen LogP contribution < -0.4 is 4.74 Å². The van der Waals surface area contributed by atoms with Gasteiger partial charge in [-0.15, -0.1) is 0 Å². The first kappa shape index (κ1) is 11.2. The van der Waals surface area contributed by atoms with E-state index in [1.54, 1.807) is 13.2 Å². The number of nitrogens with zero attached hydrogens (tertiary/aromatic N) is 1. The largest absolute Gasteiger partial charge is 0.497 e. The molecule has 0 aliphatic rings. The summed E-state index contributed by atoms with van der Waals surface area (Å²) in [6.45, 7) is 0. The molecule has 0 radical (unpaired) electrons. The smallest absolute Gasteiger partial charge is 0.207 e. The predicted octanol–water partition coefficient (Wildman–Crippen LogP) is 2.94. The van der Waals surface area contributed by atoms with Crippen LogP contribution in [0.15, 0.2) is 24.3 Å². The summed E-state index contributed by atoms with van der Waals surface area (Å²) in [4.78, 5) is 0. The van der Waals surface area contributed by atoms with Gasteiger partial charge in [0.1, 0.15) is 11.8 Å². The van der Waals surface area contributed by atoms with Crippen LogP contribution in [0, 0.1) is 11.3 Å². The third-order valence-electron chi connectivity index (χ3n) is 1.72. The monoisotopic (exact) mass is 229 g/mol. The maximum atomic E-state index is 8.64. The Balaban J connectivity index is 2.83. The van der Waals surface area contributed by atoms with Crippen molar-refractivity contribution in [2.45, 2.75) is 10.8 Å². The maximum absolute atomic E-state index is 8.64. The Morgan fingerprint density at radius 3 is 2.79 bits per heavy atom. The minimum atomic E-state index is -1.37. The first-order valence-corrected chi connectivity index (χ1v) is 4.75. The van der Waals surface area contributed by atoms with E-state index in [0.717, 1.165) is 11.3 Å². The minimum absolute atomic E-state index is 0.282. The van der Waals surface area contributed by atoms with E-state index >= 15 is 0 Å². The zero-order chi connectivity index (χ0) is 10.6. The molecule has 0 aromatic heterocycles. The van der Waals surface area contributed by atoms with Crippen molar-refractivity contribution in [3.05, 3.63) is 29.8 Å². The van der Waals surface area contributed by atoms with Crippen molar-refractivity contribution in [3.63, 3.8) is 0 Å². The number of halogens is 2. The second kappa shape index (κ2) is 4.54. The Labute approximate surface area is 93.0 Å². The third kappa shape index (κ3) is 3.10. The van der Waals surface area contributed by atoms with E-state index < -0.39 is 4.33 Å². The highest BCUT2D eigenvalue weighted by Crippen LogP contribution is 2.26. The molecule has 1 aromatic carbocycles. The van der Waals surface area contributed by atoms with E-state index in [1.165, 1.54) is 0 Å². The maximum Gasteiger partial charge on any atom is 0.207 e. The lowest BCUT2D eigenvalue weighted by Gasteiger charge is -2.10. The van der Waals surface area contributed by atoms with Crippen molar-refractivity contribution >= 4 is 23.2 Å². The Hall–Kier alpha value is -0.910. The zero-order valence-corrected chi connectivity index (χ0v) is 9.14. The standard InChI is InChI=1S/C10H9Cl2NO/c1-14-9-4-2-3-8(5-9)6-10(11,12)7-13/h2-5H,6H2,1H3. The van der Waals surface area contributed by atoms with Gasteiger partial charge in [-0.2, -0.15) is 5.26 Å². The average Bonchev–Trinajstić information content (AvgIpc) is 2.17. The quantitative estimate of drug-likeness (QED) is 0.748. The average molecular weight is 230 g/mol. The molecule has 0 saturated carbocycles. The highest BCUT2D eigenvalue weighted by atomic mass is 35.5. The van der Waals surface area contributed by atoms with Gasteiger partial charge in [0.2, 0.25) is 4.33 Å². The molecule has 0 amide bonds. The normalized spacial score (nSPS) is 10.7. The van der Waals surface area contributed by atoms with Crippen LogP contribution in [0.1, 0.15) is 5.56 Å². The zero-order valence-electron chi connectivity index (χ0n) is 7.63. The van der Waals surface area contributed by atoms with E-state index in [-0.39, 0.29) is 6.42 Å². The van der Waals surface area contributed by atoms with Crippen LogP contribution in [-0.2, 0) is 6.42 Å². The molecule has 4 heteroatoms. The van der Waals surface area contributed by atoms with E-state index in [2.05, 4.69) is 0 Å². The molecule has 1 rings (SSSR count). The van der Waals surface area contributed by atoms with Crippen LogP contribution in [0.2, 0.25) is 0 Å². The number of ether oxygens (including phenoxy) is 1. The summed E-state index contributed by atoms with van der Waals surface area (Å²) in [5, 5.41) is 8.64. The van der Waals surface area contributed by atoms with Crippen LogP contribution in [0.3, 0.4) is 0 Å². The molecule has 0 N–H and O–H groups in total. The highest BCUT2D eigenvalue weighted by molar-refractivity contribution is 6.50. The van der Waals surface area contributed by atoms with E-state index in [1.807, 2.05) is 24.3 Å². The SMILES string of the molecule is COc1cccc(CC(Cl)(Cl)C#N)c1. The Bertz CT molecular complexity index is 357. The van der Waals surface area contributed by atoms with Gasteiger partial charge in [-0.05, 0) is 17.7 Å². The molecule has 0 atom stereocenters. The second-order valence-corrected chi connectivity index (χ2v) is 4.33. The fourth-order valence-corrected chi connectivity index (χ4v) is 1.39. The van der Waals surface area contributed by atoms with E-state index in [9.17, 15) is 0 Å². The molecule has 74 valence electrons. The minimum Gasteiger partial charge on any atom is -0.497 e. The van der Waals surface area contributed by atoms with Gasteiger partial charge in [-0.1, -0.05) is 35.3 Å².